The van der Waals surface area contributed by atoms with Crippen molar-refractivity contribution in [2.24, 2.45) is 5.41 Å². The second kappa shape index (κ2) is 14.5. The van der Waals surface area contributed by atoms with E-state index in [0.717, 1.165) is 52.7 Å². The van der Waals surface area contributed by atoms with Gasteiger partial charge in [0.1, 0.15) is 12.1 Å². The largest absolute Gasteiger partial charge is 0.391 e. The van der Waals surface area contributed by atoms with E-state index in [0.29, 0.717) is 6.42 Å². The van der Waals surface area contributed by atoms with Crippen LogP contribution in [0.3, 0.4) is 0 Å². The molecule has 3 rings (SSSR count). The Morgan fingerprint density at radius 2 is 1.80 bits per heavy atom. The Balaban J connectivity index is 1.65. The first-order valence-electron chi connectivity index (χ1n) is 14.1. The van der Waals surface area contributed by atoms with E-state index < -0.39 is 23.6 Å². The Bertz CT molecular complexity index is 1150. The number of aryl methyl sites for hydroxylation is 1. The number of likely N-dealkylation sites (tertiary alicyclic amines) is 1. The van der Waals surface area contributed by atoms with E-state index in [1.165, 1.54) is 4.90 Å². The van der Waals surface area contributed by atoms with E-state index in [-0.39, 0.29) is 36.7 Å². The van der Waals surface area contributed by atoms with Gasteiger partial charge in [-0.25, -0.2) is 4.98 Å². The summed E-state index contributed by atoms with van der Waals surface area (Å²) in [4.78, 5) is 46.7. The van der Waals surface area contributed by atoms with Crippen LogP contribution in [0.1, 0.15) is 83.5 Å². The molecule has 1 aromatic heterocycles. The molecule has 0 saturated carbocycles. The van der Waals surface area contributed by atoms with E-state index in [9.17, 15) is 19.5 Å². The number of rotatable bonds is 12. The number of halogens is 1. The normalized spacial score (nSPS) is 18.8. The molecular formula is C30H43BrN4O4S. The number of aliphatic hydroxyl groups excluding tert-OH is 1. The average Bonchev–Trinajstić information content (AvgIpc) is 3.51. The summed E-state index contributed by atoms with van der Waals surface area (Å²) in [7, 11) is 0. The number of aromatic nitrogens is 1. The second-order valence-electron chi connectivity index (χ2n) is 11.7. The summed E-state index contributed by atoms with van der Waals surface area (Å²) in [5.41, 5.74) is 4.26. The molecule has 0 aliphatic carbocycles. The van der Waals surface area contributed by atoms with Crippen LogP contribution in [-0.4, -0.2) is 62.8 Å². The molecule has 2 aromatic rings. The maximum Gasteiger partial charge on any atom is 0.246 e. The van der Waals surface area contributed by atoms with Gasteiger partial charge in [-0.1, -0.05) is 73.8 Å². The molecule has 40 heavy (non-hydrogen) atoms. The summed E-state index contributed by atoms with van der Waals surface area (Å²) in [6, 6.07) is 6.10. The van der Waals surface area contributed by atoms with Gasteiger partial charge < -0.3 is 20.6 Å². The minimum absolute atomic E-state index is 0.0587. The molecule has 10 heteroatoms. The Kier molecular flexibility index (Phi) is 11.7. The van der Waals surface area contributed by atoms with Crippen molar-refractivity contribution in [3.63, 3.8) is 0 Å². The third-order valence-corrected chi connectivity index (χ3v) is 8.89. The highest BCUT2D eigenvalue weighted by atomic mass is 79.9. The third-order valence-electron chi connectivity index (χ3n) is 7.35. The number of benzene rings is 1. The van der Waals surface area contributed by atoms with Gasteiger partial charge in [-0.3, -0.25) is 14.4 Å². The molecule has 1 saturated heterocycles. The standard InChI is InChI=1S/C30H43BrN4O4S/c1-19(21-11-13-22(14-12-21)26-20(2)32-18-40-26)33-28(38)24-16-23(36)17-35(24)29(39)27(30(3,4)5)34-25(37)10-8-6-7-9-15-31/h11-14,18-19,23-24,27,36H,6-10,15-17H2,1-5H3,(H,33,38)(H,34,37). The van der Waals surface area contributed by atoms with Crippen LogP contribution in [0.2, 0.25) is 0 Å². The number of nitrogens with zero attached hydrogens (tertiary/aromatic N) is 2. The van der Waals surface area contributed by atoms with Gasteiger partial charge in [0.2, 0.25) is 17.7 Å². The topological polar surface area (TPSA) is 112 Å². The molecule has 4 unspecified atom stereocenters. The highest BCUT2D eigenvalue weighted by Crippen LogP contribution is 2.29. The third kappa shape index (κ3) is 8.60. The molecule has 1 aliphatic heterocycles. The maximum absolute atomic E-state index is 13.7. The van der Waals surface area contributed by atoms with Crippen molar-refractivity contribution >= 4 is 45.0 Å². The van der Waals surface area contributed by atoms with Crippen molar-refractivity contribution < 1.29 is 19.5 Å². The summed E-state index contributed by atoms with van der Waals surface area (Å²) < 4.78 is 0. The molecule has 2 heterocycles. The molecule has 3 N–H and O–H groups in total. The zero-order chi connectivity index (χ0) is 29.4. The van der Waals surface area contributed by atoms with Gasteiger partial charge in [0.15, 0.2) is 0 Å². The number of nitrogens with one attached hydrogen (secondary N) is 2. The number of β-amino-alcohol motifs (C(OH)–C–C–N with tert-alkyl or cyclic N) is 1. The molecule has 220 valence electrons. The van der Waals surface area contributed by atoms with Gasteiger partial charge in [0.25, 0.3) is 0 Å². The summed E-state index contributed by atoms with van der Waals surface area (Å²) in [5, 5.41) is 17.4. The lowest BCUT2D eigenvalue weighted by Gasteiger charge is -2.35. The first kappa shape index (κ1) is 32.2. The first-order chi connectivity index (χ1) is 18.9. The van der Waals surface area contributed by atoms with Crippen LogP contribution in [-0.2, 0) is 14.4 Å². The molecule has 4 atom stereocenters. The number of thiazole rings is 1. The number of alkyl halides is 1. The molecular weight excluding hydrogens is 592 g/mol. The Morgan fingerprint density at radius 1 is 1.12 bits per heavy atom. The van der Waals surface area contributed by atoms with Crippen LogP contribution in [0.25, 0.3) is 10.4 Å². The summed E-state index contributed by atoms with van der Waals surface area (Å²) in [5.74, 6) is -0.821. The molecule has 1 aromatic carbocycles. The monoisotopic (exact) mass is 634 g/mol. The van der Waals surface area contributed by atoms with Gasteiger partial charge in [-0.15, -0.1) is 11.3 Å². The summed E-state index contributed by atoms with van der Waals surface area (Å²) >= 11 is 5.01. The number of carbonyl (C=O) groups is 3. The molecule has 0 spiro atoms. The fraction of sp³-hybridized carbons (Fsp3) is 0.600. The van der Waals surface area contributed by atoms with Crippen LogP contribution in [0.15, 0.2) is 29.8 Å². The lowest BCUT2D eigenvalue weighted by Crippen LogP contribution is -2.57. The van der Waals surface area contributed by atoms with Gasteiger partial charge >= 0.3 is 0 Å². The van der Waals surface area contributed by atoms with E-state index >= 15 is 0 Å². The fourth-order valence-electron chi connectivity index (χ4n) is 4.98. The van der Waals surface area contributed by atoms with Crippen molar-refractivity contribution in [1.29, 1.82) is 0 Å². The molecule has 8 nitrogen and oxygen atoms in total. The van der Waals surface area contributed by atoms with Crippen LogP contribution in [0.4, 0.5) is 0 Å². The van der Waals surface area contributed by atoms with Crippen LogP contribution in [0.5, 0.6) is 0 Å². The number of hydrogen-bond donors (Lipinski definition) is 3. The Morgan fingerprint density at radius 3 is 2.40 bits per heavy atom. The predicted molar refractivity (Wildman–Crippen MR) is 163 cm³/mol. The number of aliphatic hydroxyl groups is 1. The van der Waals surface area contributed by atoms with E-state index in [1.807, 2.05) is 64.4 Å². The molecule has 1 aliphatic rings. The first-order valence-corrected chi connectivity index (χ1v) is 16.1. The van der Waals surface area contributed by atoms with E-state index in [1.54, 1.807) is 11.3 Å². The van der Waals surface area contributed by atoms with Crippen LogP contribution < -0.4 is 10.6 Å². The second-order valence-corrected chi connectivity index (χ2v) is 13.4. The highest BCUT2D eigenvalue weighted by molar-refractivity contribution is 9.09. The number of unbranched alkanes of at least 4 members (excludes halogenated alkanes) is 3. The molecule has 3 amide bonds. The Hall–Kier alpha value is -2.30. The van der Waals surface area contributed by atoms with E-state index in [4.69, 9.17) is 0 Å². The SMILES string of the molecule is Cc1ncsc1-c1ccc(C(C)NC(=O)C2CC(O)CN2C(=O)C(NC(=O)CCCCCCBr)C(C)(C)C)cc1. The lowest BCUT2D eigenvalue weighted by atomic mass is 9.85. The molecule has 1 fully saturated rings. The number of amides is 3. The zero-order valence-corrected chi connectivity index (χ0v) is 26.6. The molecule has 0 bridgehead atoms. The number of carbonyl (C=O) groups excluding carboxylic acids is 3. The van der Waals surface area contributed by atoms with Gasteiger partial charge in [0.05, 0.1) is 28.2 Å². The fourth-order valence-corrected chi connectivity index (χ4v) is 6.19. The van der Waals surface area contributed by atoms with Crippen molar-refractivity contribution in [3.8, 4) is 10.4 Å². The minimum atomic E-state index is -0.810. The van der Waals surface area contributed by atoms with Crippen molar-refractivity contribution in [2.45, 2.75) is 97.4 Å². The van der Waals surface area contributed by atoms with Crippen LogP contribution >= 0.6 is 27.3 Å². The average molecular weight is 636 g/mol. The lowest BCUT2D eigenvalue weighted by molar-refractivity contribution is -0.144. The predicted octanol–water partition coefficient (Wildman–Crippen LogP) is 5.13. The van der Waals surface area contributed by atoms with Gasteiger partial charge in [-0.2, -0.15) is 0 Å². The van der Waals surface area contributed by atoms with Gasteiger partial charge in [0, 0.05) is 24.7 Å². The summed E-state index contributed by atoms with van der Waals surface area (Å²) in [6.07, 6.45) is 3.56. The minimum Gasteiger partial charge on any atom is -0.391 e. The number of hydrogen-bond acceptors (Lipinski definition) is 6. The summed E-state index contributed by atoms with van der Waals surface area (Å²) in [6.45, 7) is 9.63. The quantitative estimate of drug-likeness (QED) is 0.221. The highest BCUT2D eigenvalue weighted by Gasteiger charge is 2.44. The van der Waals surface area contributed by atoms with Crippen molar-refractivity contribution in [1.82, 2.24) is 20.5 Å². The maximum atomic E-state index is 13.7. The van der Waals surface area contributed by atoms with Crippen molar-refractivity contribution in [2.75, 3.05) is 11.9 Å². The smallest absolute Gasteiger partial charge is 0.246 e. The molecule has 0 radical (unpaired) electrons. The van der Waals surface area contributed by atoms with E-state index in [2.05, 4.69) is 31.5 Å². The van der Waals surface area contributed by atoms with Gasteiger partial charge in [-0.05, 0) is 43.2 Å². The van der Waals surface area contributed by atoms with Crippen molar-refractivity contribution in [3.05, 3.63) is 41.0 Å². The van der Waals surface area contributed by atoms with Crippen LogP contribution in [0, 0.1) is 12.3 Å². The zero-order valence-electron chi connectivity index (χ0n) is 24.2. The Labute approximate surface area is 250 Å².